The molecule has 114 valence electrons. The Morgan fingerprint density at radius 2 is 2.15 bits per heavy atom. The molecule has 1 aromatic rings. The first-order valence-electron chi connectivity index (χ1n) is 7.47. The molecule has 0 aromatic carbocycles. The summed E-state index contributed by atoms with van der Waals surface area (Å²) in [5.74, 6) is 0. The second-order valence-corrected chi connectivity index (χ2v) is 9.84. The predicted octanol–water partition coefficient (Wildman–Crippen LogP) is 4.50. The molecular formula is C16H27BrN2S. The molecule has 1 aromatic heterocycles. The molecule has 0 saturated carbocycles. The Labute approximate surface area is 136 Å². The molecule has 1 saturated heterocycles. The largest absolute Gasteiger partial charge is 0.309 e. The number of rotatable bonds is 3. The van der Waals surface area contributed by atoms with Gasteiger partial charge in [-0.1, -0.05) is 27.7 Å². The van der Waals surface area contributed by atoms with Gasteiger partial charge in [0.1, 0.15) is 0 Å². The van der Waals surface area contributed by atoms with Gasteiger partial charge in [0.25, 0.3) is 0 Å². The van der Waals surface area contributed by atoms with E-state index in [0.29, 0.717) is 11.5 Å². The van der Waals surface area contributed by atoms with Crippen molar-refractivity contribution in [1.82, 2.24) is 10.2 Å². The lowest BCUT2D eigenvalue weighted by Crippen LogP contribution is -2.65. The third-order valence-corrected chi connectivity index (χ3v) is 6.09. The second kappa shape index (κ2) is 6.07. The van der Waals surface area contributed by atoms with Gasteiger partial charge in [0, 0.05) is 36.1 Å². The lowest BCUT2D eigenvalue weighted by molar-refractivity contribution is 0.0211. The molecule has 2 heterocycles. The summed E-state index contributed by atoms with van der Waals surface area (Å²) in [5, 5.41) is 3.78. The van der Waals surface area contributed by atoms with Crippen LogP contribution in [-0.4, -0.2) is 29.6 Å². The molecule has 0 spiro atoms. The fraction of sp³-hybridized carbons (Fsp3) is 0.750. The molecule has 0 aliphatic carbocycles. The summed E-state index contributed by atoms with van der Waals surface area (Å²) in [6.07, 6.45) is 1.18. The second-order valence-electron chi connectivity index (χ2n) is 7.29. The van der Waals surface area contributed by atoms with Gasteiger partial charge in [-0.25, -0.2) is 0 Å². The van der Waals surface area contributed by atoms with Crippen molar-refractivity contribution in [3.05, 3.63) is 20.8 Å². The van der Waals surface area contributed by atoms with Crippen molar-refractivity contribution in [2.24, 2.45) is 5.41 Å². The Morgan fingerprint density at radius 3 is 2.65 bits per heavy atom. The van der Waals surface area contributed by atoms with E-state index in [4.69, 9.17) is 0 Å². The lowest BCUT2D eigenvalue weighted by Gasteiger charge is -2.50. The molecule has 1 fully saturated rings. The van der Waals surface area contributed by atoms with Crippen molar-refractivity contribution < 1.29 is 0 Å². The number of thiophene rings is 1. The Morgan fingerprint density at radius 1 is 1.45 bits per heavy atom. The molecule has 2 atom stereocenters. The SMILES string of the molecule is CCC1(C)CN(Cc2ccc(Br)s2)C(C(C)(C)C)CN1. The van der Waals surface area contributed by atoms with Gasteiger partial charge in [-0.2, -0.15) is 0 Å². The van der Waals surface area contributed by atoms with Gasteiger partial charge >= 0.3 is 0 Å². The van der Waals surface area contributed by atoms with E-state index in [1.54, 1.807) is 0 Å². The van der Waals surface area contributed by atoms with Crippen molar-refractivity contribution in [2.45, 2.75) is 59.2 Å². The van der Waals surface area contributed by atoms with Gasteiger partial charge in [0.05, 0.1) is 3.79 Å². The Bertz CT molecular complexity index is 452. The first-order chi connectivity index (χ1) is 9.23. The molecule has 1 aliphatic rings. The molecule has 1 aliphatic heterocycles. The van der Waals surface area contributed by atoms with Crippen molar-refractivity contribution in [1.29, 1.82) is 0 Å². The monoisotopic (exact) mass is 358 g/mol. The number of nitrogens with one attached hydrogen (secondary N) is 1. The first-order valence-corrected chi connectivity index (χ1v) is 9.08. The van der Waals surface area contributed by atoms with Crippen LogP contribution < -0.4 is 5.32 Å². The molecule has 2 nitrogen and oxygen atoms in total. The van der Waals surface area contributed by atoms with Gasteiger partial charge in [-0.15, -0.1) is 11.3 Å². The third kappa shape index (κ3) is 3.85. The average molecular weight is 359 g/mol. The van der Waals surface area contributed by atoms with E-state index in [0.717, 1.165) is 19.6 Å². The van der Waals surface area contributed by atoms with Crippen molar-refractivity contribution in [3.8, 4) is 0 Å². The summed E-state index contributed by atoms with van der Waals surface area (Å²) >= 11 is 5.43. The molecule has 2 rings (SSSR count). The molecule has 0 amide bonds. The maximum Gasteiger partial charge on any atom is 0.0701 e. The quantitative estimate of drug-likeness (QED) is 0.855. The summed E-state index contributed by atoms with van der Waals surface area (Å²) in [4.78, 5) is 4.13. The van der Waals surface area contributed by atoms with Crippen LogP contribution in [0.5, 0.6) is 0 Å². The van der Waals surface area contributed by atoms with E-state index < -0.39 is 0 Å². The van der Waals surface area contributed by atoms with E-state index in [1.165, 1.54) is 15.1 Å². The fourth-order valence-electron chi connectivity index (χ4n) is 2.98. The highest BCUT2D eigenvalue weighted by molar-refractivity contribution is 9.11. The van der Waals surface area contributed by atoms with Crippen LogP contribution in [0.15, 0.2) is 15.9 Å². The van der Waals surface area contributed by atoms with Crippen LogP contribution >= 0.6 is 27.3 Å². The standard InChI is InChI=1S/C16H27BrN2S/c1-6-16(5)11-19(10-12-7-8-14(17)20-12)13(9-18-16)15(2,3)4/h7-8,13,18H,6,9-11H2,1-5H3. The summed E-state index contributed by atoms with van der Waals surface area (Å²) in [6.45, 7) is 15.0. The Kier molecular flexibility index (Phi) is 5.00. The highest BCUT2D eigenvalue weighted by Gasteiger charge is 2.39. The third-order valence-electron chi connectivity index (χ3n) is 4.48. The molecule has 2 unspecified atom stereocenters. The maximum absolute atomic E-state index is 3.78. The number of nitrogens with zero attached hydrogens (tertiary/aromatic N) is 1. The van der Waals surface area contributed by atoms with Crippen molar-refractivity contribution in [2.75, 3.05) is 13.1 Å². The van der Waals surface area contributed by atoms with Gasteiger partial charge < -0.3 is 5.32 Å². The van der Waals surface area contributed by atoms with Gasteiger partial charge in [0.2, 0.25) is 0 Å². The zero-order valence-corrected chi connectivity index (χ0v) is 15.7. The van der Waals surface area contributed by atoms with E-state index >= 15 is 0 Å². The van der Waals surface area contributed by atoms with Gasteiger partial charge in [-0.3, -0.25) is 4.90 Å². The zero-order chi connectivity index (χ0) is 15.0. The van der Waals surface area contributed by atoms with E-state index in [-0.39, 0.29) is 5.54 Å². The van der Waals surface area contributed by atoms with Crippen LogP contribution in [0.4, 0.5) is 0 Å². The minimum atomic E-state index is 0.246. The van der Waals surface area contributed by atoms with E-state index in [2.05, 4.69) is 72.9 Å². The molecule has 20 heavy (non-hydrogen) atoms. The minimum absolute atomic E-state index is 0.246. The van der Waals surface area contributed by atoms with Gasteiger partial charge in [-0.05, 0) is 46.8 Å². The van der Waals surface area contributed by atoms with Crippen LogP contribution in [0, 0.1) is 5.41 Å². The van der Waals surface area contributed by atoms with Crippen LogP contribution in [0.25, 0.3) is 0 Å². The summed E-state index contributed by atoms with van der Waals surface area (Å²) in [6, 6.07) is 5.00. The predicted molar refractivity (Wildman–Crippen MR) is 92.4 cm³/mol. The lowest BCUT2D eigenvalue weighted by atomic mass is 9.81. The number of piperazine rings is 1. The Balaban J connectivity index is 2.17. The highest BCUT2D eigenvalue weighted by Crippen LogP contribution is 2.32. The minimum Gasteiger partial charge on any atom is -0.309 e. The molecule has 0 bridgehead atoms. The van der Waals surface area contributed by atoms with Crippen LogP contribution in [0.3, 0.4) is 0 Å². The van der Waals surface area contributed by atoms with Crippen LogP contribution in [0.1, 0.15) is 45.9 Å². The molecular weight excluding hydrogens is 332 g/mol. The Hall–Kier alpha value is 0.1000. The molecule has 1 N–H and O–H groups in total. The molecule has 0 radical (unpaired) electrons. The average Bonchev–Trinajstić information content (AvgIpc) is 2.73. The number of hydrogen-bond acceptors (Lipinski definition) is 3. The van der Waals surface area contributed by atoms with Crippen molar-refractivity contribution in [3.63, 3.8) is 0 Å². The topological polar surface area (TPSA) is 15.3 Å². The van der Waals surface area contributed by atoms with Gasteiger partial charge in [0.15, 0.2) is 0 Å². The fourth-order valence-corrected chi connectivity index (χ4v) is 4.49. The summed E-state index contributed by atoms with van der Waals surface area (Å²) in [5.41, 5.74) is 0.548. The van der Waals surface area contributed by atoms with Crippen LogP contribution in [-0.2, 0) is 6.54 Å². The number of hydrogen-bond donors (Lipinski definition) is 1. The summed E-state index contributed by atoms with van der Waals surface area (Å²) < 4.78 is 1.23. The zero-order valence-electron chi connectivity index (χ0n) is 13.3. The van der Waals surface area contributed by atoms with Crippen molar-refractivity contribution >= 4 is 27.3 Å². The molecule has 4 heteroatoms. The first kappa shape index (κ1) is 16.5. The smallest absolute Gasteiger partial charge is 0.0701 e. The number of halogens is 1. The highest BCUT2D eigenvalue weighted by atomic mass is 79.9. The van der Waals surface area contributed by atoms with Crippen LogP contribution in [0.2, 0.25) is 0 Å². The van der Waals surface area contributed by atoms with E-state index in [1.807, 2.05) is 11.3 Å². The normalized spacial score (nSPS) is 28.8. The van der Waals surface area contributed by atoms with E-state index in [9.17, 15) is 0 Å². The summed E-state index contributed by atoms with van der Waals surface area (Å²) in [7, 11) is 0. The maximum atomic E-state index is 3.78.